The molecule has 2 aromatic rings. The molecule has 2 rings (SSSR count). The summed E-state index contributed by atoms with van der Waals surface area (Å²) in [7, 11) is 0. The Hall–Kier alpha value is -1.96. The molecule has 0 amide bonds. The van der Waals surface area contributed by atoms with Crippen molar-refractivity contribution in [2.75, 3.05) is 5.32 Å². The zero-order chi connectivity index (χ0) is 13.7. The number of phenolic OH excluding ortho intramolecular Hbond substituents is 1. The molecule has 0 aliphatic rings. The molecule has 0 aliphatic carbocycles. The predicted octanol–water partition coefficient (Wildman–Crippen LogP) is 4.52. The number of nitrogens with one attached hydrogen (secondary N) is 1. The standard InChI is InChI=1S/C17H21NO/c1-3-13(2)14-8-10-16(11-9-14)18-12-15-6-4-5-7-17(15)19/h4-11,13,18-19H,3,12H2,1-2H3. The van der Waals surface area contributed by atoms with Crippen molar-refractivity contribution in [2.45, 2.75) is 32.7 Å². The first-order valence-electron chi connectivity index (χ1n) is 6.81. The molecule has 0 heterocycles. The normalized spacial score (nSPS) is 12.1. The smallest absolute Gasteiger partial charge is 0.120 e. The zero-order valence-corrected chi connectivity index (χ0v) is 11.6. The van der Waals surface area contributed by atoms with Gasteiger partial charge in [-0.3, -0.25) is 0 Å². The second-order valence-electron chi connectivity index (χ2n) is 4.91. The molecule has 100 valence electrons. The lowest BCUT2D eigenvalue weighted by Crippen LogP contribution is -2.00. The van der Waals surface area contributed by atoms with Crippen LogP contribution in [0.15, 0.2) is 48.5 Å². The SMILES string of the molecule is CCC(C)c1ccc(NCc2ccccc2O)cc1. The van der Waals surface area contributed by atoms with Crippen molar-refractivity contribution in [3.63, 3.8) is 0 Å². The summed E-state index contributed by atoms with van der Waals surface area (Å²) in [4.78, 5) is 0. The molecule has 1 atom stereocenters. The fourth-order valence-electron chi connectivity index (χ4n) is 2.02. The molecule has 0 aliphatic heterocycles. The highest BCUT2D eigenvalue weighted by Gasteiger charge is 2.03. The number of aromatic hydroxyl groups is 1. The van der Waals surface area contributed by atoms with Gasteiger partial charge in [0.2, 0.25) is 0 Å². The van der Waals surface area contributed by atoms with Gasteiger partial charge in [-0.1, -0.05) is 44.2 Å². The van der Waals surface area contributed by atoms with Crippen LogP contribution in [-0.2, 0) is 6.54 Å². The predicted molar refractivity (Wildman–Crippen MR) is 80.6 cm³/mol. The highest BCUT2D eigenvalue weighted by atomic mass is 16.3. The average molecular weight is 255 g/mol. The first-order chi connectivity index (χ1) is 9.20. The molecule has 0 radical (unpaired) electrons. The van der Waals surface area contributed by atoms with E-state index in [-0.39, 0.29) is 0 Å². The number of benzene rings is 2. The lowest BCUT2D eigenvalue weighted by molar-refractivity contribution is 0.469. The van der Waals surface area contributed by atoms with E-state index in [4.69, 9.17) is 0 Å². The molecule has 19 heavy (non-hydrogen) atoms. The highest BCUT2D eigenvalue weighted by Crippen LogP contribution is 2.22. The van der Waals surface area contributed by atoms with Crippen LogP contribution in [-0.4, -0.2) is 5.11 Å². The number of hydrogen-bond donors (Lipinski definition) is 2. The fraction of sp³-hybridized carbons (Fsp3) is 0.294. The lowest BCUT2D eigenvalue weighted by atomic mass is 9.98. The van der Waals surface area contributed by atoms with Crippen molar-refractivity contribution in [1.82, 2.24) is 0 Å². The van der Waals surface area contributed by atoms with Gasteiger partial charge >= 0.3 is 0 Å². The van der Waals surface area contributed by atoms with Gasteiger partial charge in [-0.15, -0.1) is 0 Å². The van der Waals surface area contributed by atoms with Gasteiger partial charge in [0.15, 0.2) is 0 Å². The maximum Gasteiger partial charge on any atom is 0.120 e. The molecule has 0 bridgehead atoms. The number of hydrogen-bond acceptors (Lipinski definition) is 2. The van der Waals surface area contributed by atoms with Crippen molar-refractivity contribution < 1.29 is 5.11 Å². The third-order valence-electron chi connectivity index (χ3n) is 3.57. The third kappa shape index (κ3) is 3.50. The van der Waals surface area contributed by atoms with Gasteiger partial charge in [-0.2, -0.15) is 0 Å². The van der Waals surface area contributed by atoms with Crippen molar-refractivity contribution >= 4 is 5.69 Å². The van der Waals surface area contributed by atoms with Crippen molar-refractivity contribution in [3.05, 3.63) is 59.7 Å². The van der Waals surface area contributed by atoms with E-state index in [9.17, 15) is 5.11 Å². The molecule has 2 aromatic carbocycles. The second-order valence-corrected chi connectivity index (χ2v) is 4.91. The van der Waals surface area contributed by atoms with Gasteiger partial charge in [0.05, 0.1) is 0 Å². The van der Waals surface area contributed by atoms with Crippen LogP contribution in [0.1, 0.15) is 37.3 Å². The summed E-state index contributed by atoms with van der Waals surface area (Å²) in [5.74, 6) is 0.943. The zero-order valence-electron chi connectivity index (χ0n) is 11.6. The Kier molecular flexibility index (Phi) is 4.45. The highest BCUT2D eigenvalue weighted by molar-refractivity contribution is 5.46. The molecule has 1 unspecified atom stereocenters. The van der Waals surface area contributed by atoms with Crippen LogP contribution in [0.5, 0.6) is 5.75 Å². The van der Waals surface area contributed by atoms with E-state index in [1.165, 1.54) is 5.56 Å². The fourth-order valence-corrected chi connectivity index (χ4v) is 2.02. The topological polar surface area (TPSA) is 32.3 Å². The van der Waals surface area contributed by atoms with Gasteiger partial charge in [-0.05, 0) is 36.1 Å². The summed E-state index contributed by atoms with van der Waals surface area (Å²) in [6.07, 6.45) is 1.16. The van der Waals surface area contributed by atoms with Crippen molar-refractivity contribution in [3.8, 4) is 5.75 Å². The maximum atomic E-state index is 9.70. The van der Waals surface area contributed by atoms with E-state index < -0.39 is 0 Å². The Morgan fingerprint density at radius 3 is 2.37 bits per heavy atom. The molecular formula is C17H21NO. The summed E-state index contributed by atoms with van der Waals surface area (Å²) >= 11 is 0. The Morgan fingerprint density at radius 2 is 1.74 bits per heavy atom. The Bertz CT molecular complexity index is 519. The average Bonchev–Trinajstić information content (AvgIpc) is 2.46. The number of para-hydroxylation sites is 1. The molecule has 2 N–H and O–H groups in total. The van der Waals surface area contributed by atoms with E-state index in [0.717, 1.165) is 17.7 Å². The first-order valence-corrected chi connectivity index (χ1v) is 6.81. The van der Waals surface area contributed by atoms with Crippen LogP contribution in [0.4, 0.5) is 5.69 Å². The molecule has 2 heteroatoms. The van der Waals surface area contributed by atoms with Crippen molar-refractivity contribution in [2.24, 2.45) is 0 Å². The quantitative estimate of drug-likeness (QED) is 0.823. The van der Waals surface area contributed by atoms with E-state index in [0.29, 0.717) is 18.2 Å². The molecule has 0 saturated heterocycles. The van der Waals surface area contributed by atoms with E-state index in [1.54, 1.807) is 6.07 Å². The number of phenols is 1. The van der Waals surface area contributed by atoms with Gasteiger partial charge in [-0.25, -0.2) is 0 Å². The third-order valence-corrected chi connectivity index (χ3v) is 3.57. The first kappa shape index (κ1) is 13.5. The molecular weight excluding hydrogens is 234 g/mol. The summed E-state index contributed by atoms with van der Waals surface area (Å²) < 4.78 is 0. The Labute approximate surface area is 115 Å². The Balaban J connectivity index is 1.99. The summed E-state index contributed by atoms with van der Waals surface area (Å²) in [6, 6.07) is 15.9. The molecule has 0 saturated carbocycles. The minimum Gasteiger partial charge on any atom is -0.508 e. The van der Waals surface area contributed by atoms with Gasteiger partial charge in [0.1, 0.15) is 5.75 Å². The molecule has 2 nitrogen and oxygen atoms in total. The largest absolute Gasteiger partial charge is 0.508 e. The van der Waals surface area contributed by atoms with E-state index in [1.807, 2.05) is 18.2 Å². The van der Waals surface area contributed by atoms with Crippen LogP contribution in [0.2, 0.25) is 0 Å². The molecule has 0 fully saturated rings. The second kappa shape index (κ2) is 6.28. The van der Waals surface area contributed by atoms with Crippen LogP contribution in [0, 0.1) is 0 Å². The van der Waals surface area contributed by atoms with Gasteiger partial charge in [0.25, 0.3) is 0 Å². The van der Waals surface area contributed by atoms with Gasteiger partial charge < -0.3 is 10.4 Å². The van der Waals surface area contributed by atoms with Crippen LogP contribution in [0.3, 0.4) is 0 Å². The Morgan fingerprint density at radius 1 is 1.05 bits per heavy atom. The molecule has 0 aromatic heterocycles. The van der Waals surface area contributed by atoms with Crippen LogP contribution in [0.25, 0.3) is 0 Å². The number of rotatable bonds is 5. The van der Waals surface area contributed by atoms with Crippen molar-refractivity contribution in [1.29, 1.82) is 0 Å². The van der Waals surface area contributed by atoms with Crippen LogP contribution < -0.4 is 5.32 Å². The summed E-state index contributed by atoms with van der Waals surface area (Å²) in [5.41, 5.74) is 3.36. The van der Waals surface area contributed by atoms with Gasteiger partial charge in [0, 0.05) is 17.8 Å². The molecule has 0 spiro atoms. The number of anilines is 1. The summed E-state index contributed by atoms with van der Waals surface area (Å²) in [5, 5.41) is 13.0. The minimum atomic E-state index is 0.339. The lowest BCUT2D eigenvalue weighted by Gasteiger charge is -2.11. The summed E-state index contributed by atoms with van der Waals surface area (Å²) in [6.45, 7) is 5.08. The minimum absolute atomic E-state index is 0.339. The van der Waals surface area contributed by atoms with Crippen LogP contribution >= 0.6 is 0 Å². The van der Waals surface area contributed by atoms with E-state index >= 15 is 0 Å². The maximum absolute atomic E-state index is 9.70. The monoisotopic (exact) mass is 255 g/mol. The van der Waals surface area contributed by atoms with E-state index in [2.05, 4.69) is 43.4 Å².